The number of carbonyl (C=O) groups is 2. The van der Waals surface area contributed by atoms with Crippen molar-refractivity contribution in [3.63, 3.8) is 0 Å². The van der Waals surface area contributed by atoms with Crippen molar-refractivity contribution < 1.29 is 23.5 Å². The molecule has 1 heterocycles. The van der Waals surface area contributed by atoms with Gasteiger partial charge in [0.05, 0.1) is 18.2 Å². The number of rotatable bonds is 4. The first-order valence-corrected chi connectivity index (χ1v) is 8.85. The molecule has 1 fully saturated rings. The van der Waals surface area contributed by atoms with E-state index in [0.717, 1.165) is 6.42 Å². The van der Waals surface area contributed by atoms with Gasteiger partial charge >= 0.3 is 12.1 Å². The summed E-state index contributed by atoms with van der Waals surface area (Å²) in [4.78, 5) is 25.4. The minimum absolute atomic E-state index is 0.303. The summed E-state index contributed by atoms with van der Waals surface area (Å²) in [7, 11) is 0. The SMILES string of the molecule is CCOC(=O)c1ccc(C=C(F)C2CCCN2C(=O)OC(C)(C)C)cc1. The number of amides is 1. The molecule has 0 bridgehead atoms. The van der Waals surface area contributed by atoms with Gasteiger partial charge in [0.15, 0.2) is 0 Å². The maximum absolute atomic E-state index is 14.7. The molecular weight excluding hydrogens is 337 g/mol. The van der Waals surface area contributed by atoms with Crippen molar-refractivity contribution in [3.8, 4) is 0 Å². The molecule has 1 aliphatic rings. The Labute approximate surface area is 153 Å². The number of hydrogen-bond donors (Lipinski definition) is 0. The van der Waals surface area contributed by atoms with Crippen LogP contribution in [-0.2, 0) is 9.47 Å². The van der Waals surface area contributed by atoms with Crippen molar-refractivity contribution in [1.29, 1.82) is 0 Å². The van der Waals surface area contributed by atoms with Crippen molar-refractivity contribution >= 4 is 18.1 Å². The molecule has 2 rings (SSSR count). The van der Waals surface area contributed by atoms with Crippen molar-refractivity contribution in [1.82, 2.24) is 4.90 Å². The fraction of sp³-hybridized carbons (Fsp3) is 0.500. The highest BCUT2D eigenvalue weighted by atomic mass is 19.1. The van der Waals surface area contributed by atoms with Gasteiger partial charge in [-0.25, -0.2) is 14.0 Å². The molecule has 1 aliphatic heterocycles. The van der Waals surface area contributed by atoms with Crippen LogP contribution in [0.3, 0.4) is 0 Å². The van der Waals surface area contributed by atoms with Crippen LogP contribution in [0.5, 0.6) is 0 Å². The average Bonchev–Trinajstić information content (AvgIpc) is 3.04. The van der Waals surface area contributed by atoms with Crippen LogP contribution in [0.4, 0.5) is 9.18 Å². The highest BCUT2D eigenvalue weighted by Gasteiger charge is 2.34. The topological polar surface area (TPSA) is 55.8 Å². The number of carbonyl (C=O) groups excluding carboxylic acids is 2. The molecule has 26 heavy (non-hydrogen) atoms. The van der Waals surface area contributed by atoms with Gasteiger partial charge in [-0.3, -0.25) is 4.90 Å². The standard InChI is InChI=1S/C20H26FNO4/c1-5-25-18(23)15-10-8-14(9-11-15)13-16(21)17-7-6-12-22(17)19(24)26-20(2,3)4/h8-11,13,17H,5-7,12H2,1-4H3. The Kier molecular flexibility index (Phi) is 6.40. The molecule has 1 aromatic carbocycles. The molecule has 1 amide bonds. The number of benzene rings is 1. The molecule has 0 radical (unpaired) electrons. The third-order valence-electron chi connectivity index (χ3n) is 3.93. The van der Waals surface area contributed by atoms with Crippen molar-refractivity contribution in [2.45, 2.75) is 52.2 Å². The van der Waals surface area contributed by atoms with Crippen LogP contribution in [0.25, 0.3) is 6.08 Å². The fourth-order valence-electron chi connectivity index (χ4n) is 2.78. The van der Waals surface area contributed by atoms with Gasteiger partial charge < -0.3 is 9.47 Å². The first-order chi connectivity index (χ1) is 12.2. The average molecular weight is 363 g/mol. The summed E-state index contributed by atoms with van der Waals surface area (Å²) in [6.45, 7) is 7.87. The lowest BCUT2D eigenvalue weighted by molar-refractivity contribution is 0.0236. The Balaban J connectivity index is 2.10. The van der Waals surface area contributed by atoms with Gasteiger partial charge in [-0.05, 0) is 64.3 Å². The van der Waals surface area contributed by atoms with E-state index in [-0.39, 0.29) is 0 Å². The van der Waals surface area contributed by atoms with Crippen molar-refractivity contribution in [2.75, 3.05) is 13.2 Å². The first kappa shape index (κ1) is 19.9. The van der Waals surface area contributed by atoms with E-state index in [1.54, 1.807) is 52.0 Å². The summed E-state index contributed by atoms with van der Waals surface area (Å²) < 4.78 is 25.0. The molecule has 6 heteroatoms. The predicted molar refractivity (Wildman–Crippen MR) is 97.4 cm³/mol. The number of likely N-dealkylation sites (tertiary alicyclic amines) is 1. The van der Waals surface area contributed by atoms with Crippen molar-refractivity contribution in [3.05, 3.63) is 41.2 Å². The number of halogens is 1. The van der Waals surface area contributed by atoms with E-state index in [1.807, 2.05) is 0 Å². The second-order valence-corrected chi connectivity index (χ2v) is 7.20. The molecule has 1 atom stereocenters. The molecule has 0 aliphatic carbocycles. The van der Waals surface area contributed by atoms with Crippen LogP contribution in [-0.4, -0.2) is 41.8 Å². The Bertz CT molecular complexity index is 676. The van der Waals surface area contributed by atoms with E-state index >= 15 is 0 Å². The molecule has 1 unspecified atom stereocenters. The van der Waals surface area contributed by atoms with Crippen LogP contribution in [0.2, 0.25) is 0 Å². The highest BCUT2D eigenvalue weighted by molar-refractivity contribution is 5.89. The lowest BCUT2D eigenvalue weighted by Gasteiger charge is -2.28. The van der Waals surface area contributed by atoms with Gasteiger partial charge in [0.2, 0.25) is 0 Å². The number of ether oxygens (including phenoxy) is 2. The second kappa shape index (κ2) is 8.34. The number of nitrogens with zero attached hydrogens (tertiary/aromatic N) is 1. The number of esters is 1. The molecule has 1 saturated heterocycles. The molecule has 0 spiro atoms. The van der Waals surface area contributed by atoms with E-state index in [9.17, 15) is 14.0 Å². The number of hydrogen-bond acceptors (Lipinski definition) is 4. The van der Waals surface area contributed by atoms with E-state index in [1.165, 1.54) is 11.0 Å². The zero-order valence-corrected chi connectivity index (χ0v) is 15.8. The third-order valence-corrected chi connectivity index (χ3v) is 3.93. The first-order valence-electron chi connectivity index (χ1n) is 8.85. The largest absolute Gasteiger partial charge is 0.462 e. The lowest BCUT2D eigenvalue weighted by Crippen LogP contribution is -2.40. The van der Waals surface area contributed by atoms with E-state index in [2.05, 4.69) is 0 Å². The summed E-state index contributed by atoms with van der Waals surface area (Å²) >= 11 is 0. The van der Waals surface area contributed by atoms with Crippen LogP contribution in [0, 0.1) is 0 Å². The Morgan fingerprint density at radius 1 is 1.27 bits per heavy atom. The molecule has 0 N–H and O–H groups in total. The van der Waals surface area contributed by atoms with Crippen LogP contribution < -0.4 is 0 Å². The fourth-order valence-corrected chi connectivity index (χ4v) is 2.78. The predicted octanol–water partition coefficient (Wildman–Crippen LogP) is 4.57. The van der Waals surface area contributed by atoms with Crippen LogP contribution in [0.15, 0.2) is 30.1 Å². The van der Waals surface area contributed by atoms with Gasteiger partial charge in [-0.1, -0.05) is 12.1 Å². The zero-order chi connectivity index (χ0) is 19.3. The summed E-state index contributed by atoms with van der Waals surface area (Å²) in [5.74, 6) is -0.798. The Hall–Kier alpha value is -2.37. The summed E-state index contributed by atoms with van der Waals surface area (Å²) in [5.41, 5.74) is 0.417. The van der Waals surface area contributed by atoms with Gasteiger partial charge in [0.25, 0.3) is 0 Å². The summed E-state index contributed by atoms with van der Waals surface area (Å²) in [5, 5.41) is 0. The lowest BCUT2D eigenvalue weighted by atomic mass is 10.1. The minimum Gasteiger partial charge on any atom is -0.462 e. The Morgan fingerprint density at radius 2 is 1.92 bits per heavy atom. The summed E-state index contributed by atoms with van der Waals surface area (Å²) in [6.07, 6.45) is 2.18. The maximum Gasteiger partial charge on any atom is 0.410 e. The van der Waals surface area contributed by atoms with E-state index in [4.69, 9.17) is 9.47 Å². The zero-order valence-electron chi connectivity index (χ0n) is 15.8. The maximum atomic E-state index is 14.7. The normalized spacial score (nSPS) is 18.0. The second-order valence-electron chi connectivity index (χ2n) is 7.20. The van der Waals surface area contributed by atoms with Gasteiger partial charge in [-0.15, -0.1) is 0 Å². The van der Waals surface area contributed by atoms with Gasteiger partial charge in [0.1, 0.15) is 11.4 Å². The molecule has 0 aromatic heterocycles. The molecule has 142 valence electrons. The molecule has 0 saturated carbocycles. The monoisotopic (exact) mass is 363 g/mol. The third kappa shape index (κ3) is 5.31. The van der Waals surface area contributed by atoms with Crippen LogP contribution >= 0.6 is 0 Å². The molecular formula is C20H26FNO4. The molecule has 5 nitrogen and oxygen atoms in total. The van der Waals surface area contributed by atoms with Crippen molar-refractivity contribution in [2.24, 2.45) is 0 Å². The Morgan fingerprint density at radius 3 is 2.50 bits per heavy atom. The quantitative estimate of drug-likeness (QED) is 0.735. The smallest absolute Gasteiger partial charge is 0.410 e. The molecule has 1 aromatic rings. The van der Waals surface area contributed by atoms with Crippen LogP contribution in [0.1, 0.15) is 56.5 Å². The van der Waals surface area contributed by atoms with Gasteiger partial charge in [0, 0.05) is 6.54 Å². The van der Waals surface area contributed by atoms with E-state index in [0.29, 0.717) is 30.7 Å². The van der Waals surface area contributed by atoms with Gasteiger partial charge in [-0.2, -0.15) is 0 Å². The van der Waals surface area contributed by atoms with E-state index < -0.39 is 29.5 Å². The summed E-state index contributed by atoms with van der Waals surface area (Å²) in [6, 6.07) is 5.88. The highest BCUT2D eigenvalue weighted by Crippen LogP contribution is 2.28. The minimum atomic E-state index is -0.618.